The van der Waals surface area contributed by atoms with Crippen molar-refractivity contribution in [2.24, 2.45) is 5.92 Å². The molecule has 2 N–H and O–H groups in total. The Bertz CT molecular complexity index is 441. The molecule has 2 rings (SSSR count). The first-order valence-electron chi connectivity index (χ1n) is 5.79. The van der Waals surface area contributed by atoms with Crippen molar-refractivity contribution < 1.29 is 8.78 Å². The molecule has 1 unspecified atom stereocenters. The summed E-state index contributed by atoms with van der Waals surface area (Å²) in [6.45, 7) is 5.66. The van der Waals surface area contributed by atoms with Gasteiger partial charge in [0, 0.05) is 31.3 Å². The predicted octanol–water partition coefficient (Wildman–Crippen LogP) is 2.01. The van der Waals surface area contributed by atoms with Crippen LogP contribution in [0.2, 0.25) is 0 Å². The number of piperidine rings is 1. The van der Waals surface area contributed by atoms with Gasteiger partial charge in [0.2, 0.25) is 5.95 Å². The second-order valence-corrected chi connectivity index (χ2v) is 4.53. The van der Waals surface area contributed by atoms with E-state index in [-0.39, 0.29) is 19.5 Å². The Morgan fingerprint density at radius 3 is 2.89 bits per heavy atom. The maximum atomic E-state index is 13.6. The van der Waals surface area contributed by atoms with Crippen molar-refractivity contribution in [1.29, 1.82) is 0 Å². The highest BCUT2D eigenvalue weighted by atomic mass is 19.3. The average molecular weight is 254 g/mol. The van der Waals surface area contributed by atoms with E-state index in [9.17, 15) is 8.78 Å². The lowest BCUT2D eigenvalue weighted by Crippen LogP contribution is -2.47. The number of anilines is 2. The van der Waals surface area contributed by atoms with Crippen molar-refractivity contribution in [2.45, 2.75) is 19.3 Å². The van der Waals surface area contributed by atoms with Crippen molar-refractivity contribution in [3.05, 3.63) is 24.4 Å². The lowest BCUT2D eigenvalue weighted by molar-refractivity contribution is -0.0545. The summed E-state index contributed by atoms with van der Waals surface area (Å²) in [5.41, 5.74) is 6.37. The van der Waals surface area contributed by atoms with Gasteiger partial charge >= 0.3 is 0 Å². The highest BCUT2D eigenvalue weighted by Gasteiger charge is 2.42. The molecule has 4 nitrogen and oxygen atoms in total. The molecule has 1 aliphatic rings. The predicted molar refractivity (Wildman–Crippen MR) is 66.6 cm³/mol. The first kappa shape index (κ1) is 12.7. The average Bonchev–Trinajstić information content (AvgIpc) is 2.27. The minimum Gasteiger partial charge on any atom is -0.384 e. The SMILES string of the molecule is C=CC1CN(c2nc(C)cc(N)n2)CCC1(F)F. The second kappa shape index (κ2) is 4.51. The quantitative estimate of drug-likeness (QED) is 0.820. The lowest BCUT2D eigenvalue weighted by Gasteiger charge is -2.37. The van der Waals surface area contributed by atoms with E-state index >= 15 is 0 Å². The van der Waals surface area contributed by atoms with Gasteiger partial charge in [0.1, 0.15) is 5.82 Å². The Balaban J connectivity index is 2.23. The number of nitrogens with zero attached hydrogens (tertiary/aromatic N) is 3. The van der Waals surface area contributed by atoms with Crippen LogP contribution >= 0.6 is 0 Å². The van der Waals surface area contributed by atoms with Crippen molar-refractivity contribution >= 4 is 11.8 Å². The standard InChI is InChI=1S/C12H16F2N4/c1-3-9-7-18(5-4-12(9,13)14)11-16-8(2)6-10(15)17-11/h3,6,9H,1,4-5,7H2,2H3,(H2,15,16,17). The fraction of sp³-hybridized carbons (Fsp3) is 0.500. The van der Waals surface area contributed by atoms with E-state index < -0.39 is 11.8 Å². The van der Waals surface area contributed by atoms with Crippen LogP contribution < -0.4 is 10.6 Å². The largest absolute Gasteiger partial charge is 0.384 e. The number of aromatic nitrogens is 2. The fourth-order valence-corrected chi connectivity index (χ4v) is 2.08. The molecule has 0 bridgehead atoms. The lowest BCUT2D eigenvalue weighted by atomic mass is 9.94. The molecule has 0 aliphatic carbocycles. The summed E-state index contributed by atoms with van der Waals surface area (Å²) in [4.78, 5) is 10.0. The zero-order chi connectivity index (χ0) is 13.3. The molecule has 98 valence electrons. The van der Waals surface area contributed by atoms with Gasteiger partial charge in [-0.25, -0.2) is 13.8 Å². The molecule has 1 aromatic heterocycles. The third kappa shape index (κ3) is 2.42. The molecule has 1 atom stereocenters. The van der Waals surface area contributed by atoms with Crippen LogP contribution in [-0.4, -0.2) is 29.0 Å². The van der Waals surface area contributed by atoms with Crippen LogP contribution in [0.4, 0.5) is 20.5 Å². The number of hydrogen-bond acceptors (Lipinski definition) is 4. The number of nitrogens with two attached hydrogens (primary N) is 1. The van der Waals surface area contributed by atoms with Crippen LogP contribution in [0.5, 0.6) is 0 Å². The van der Waals surface area contributed by atoms with Gasteiger partial charge in [-0.3, -0.25) is 0 Å². The highest BCUT2D eigenvalue weighted by molar-refractivity contribution is 5.41. The van der Waals surface area contributed by atoms with Gasteiger partial charge in [0.05, 0.1) is 5.92 Å². The summed E-state index contributed by atoms with van der Waals surface area (Å²) in [6, 6.07) is 1.65. The number of alkyl halides is 2. The first-order valence-corrected chi connectivity index (χ1v) is 5.79. The van der Waals surface area contributed by atoms with E-state index in [0.29, 0.717) is 11.8 Å². The van der Waals surface area contributed by atoms with Gasteiger partial charge in [-0.15, -0.1) is 6.58 Å². The van der Waals surface area contributed by atoms with Gasteiger partial charge in [0.25, 0.3) is 5.92 Å². The van der Waals surface area contributed by atoms with Gasteiger partial charge < -0.3 is 10.6 Å². The van der Waals surface area contributed by atoms with E-state index in [1.807, 2.05) is 0 Å². The minimum atomic E-state index is -2.70. The summed E-state index contributed by atoms with van der Waals surface area (Å²) < 4.78 is 27.1. The van der Waals surface area contributed by atoms with Crippen molar-refractivity contribution in [2.75, 3.05) is 23.7 Å². The molecule has 0 amide bonds. The molecule has 1 aromatic rings. The molecular formula is C12H16F2N4. The van der Waals surface area contributed by atoms with Crippen LogP contribution in [0.3, 0.4) is 0 Å². The van der Waals surface area contributed by atoms with Crippen LogP contribution in [0.1, 0.15) is 12.1 Å². The third-order valence-electron chi connectivity index (χ3n) is 3.10. The molecule has 18 heavy (non-hydrogen) atoms. The molecule has 0 saturated carbocycles. The van der Waals surface area contributed by atoms with Crippen molar-refractivity contribution in [1.82, 2.24) is 9.97 Å². The summed E-state index contributed by atoms with van der Waals surface area (Å²) >= 11 is 0. The molecule has 2 heterocycles. The molecule has 0 aromatic carbocycles. The number of halogens is 2. The van der Waals surface area contributed by atoms with Crippen LogP contribution in [0.15, 0.2) is 18.7 Å². The van der Waals surface area contributed by atoms with Gasteiger partial charge in [-0.2, -0.15) is 4.98 Å². The Morgan fingerprint density at radius 2 is 2.28 bits per heavy atom. The van der Waals surface area contributed by atoms with E-state index in [0.717, 1.165) is 5.69 Å². The Kier molecular flexibility index (Phi) is 3.19. The second-order valence-electron chi connectivity index (χ2n) is 4.53. The highest BCUT2D eigenvalue weighted by Crippen LogP contribution is 2.35. The molecule has 6 heteroatoms. The summed E-state index contributed by atoms with van der Waals surface area (Å²) in [7, 11) is 0. The van der Waals surface area contributed by atoms with E-state index in [1.165, 1.54) is 6.08 Å². The fourth-order valence-electron chi connectivity index (χ4n) is 2.08. The third-order valence-corrected chi connectivity index (χ3v) is 3.10. The number of hydrogen-bond donors (Lipinski definition) is 1. The van der Waals surface area contributed by atoms with Crippen LogP contribution in [0.25, 0.3) is 0 Å². The van der Waals surface area contributed by atoms with E-state index in [4.69, 9.17) is 5.73 Å². The zero-order valence-corrected chi connectivity index (χ0v) is 10.2. The minimum absolute atomic E-state index is 0.166. The normalized spacial score (nSPS) is 22.8. The van der Waals surface area contributed by atoms with Gasteiger partial charge in [-0.05, 0) is 6.92 Å². The van der Waals surface area contributed by atoms with Crippen molar-refractivity contribution in [3.8, 4) is 0 Å². The zero-order valence-electron chi connectivity index (χ0n) is 10.2. The molecule has 1 saturated heterocycles. The molecule has 1 fully saturated rings. The maximum Gasteiger partial charge on any atom is 0.257 e. The molecule has 1 aliphatic heterocycles. The van der Waals surface area contributed by atoms with Crippen molar-refractivity contribution in [3.63, 3.8) is 0 Å². The Morgan fingerprint density at radius 1 is 1.56 bits per heavy atom. The number of nitrogen functional groups attached to an aromatic ring is 1. The van der Waals surface area contributed by atoms with Crippen LogP contribution in [0, 0.1) is 12.8 Å². The number of rotatable bonds is 2. The monoisotopic (exact) mass is 254 g/mol. The van der Waals surface area contributed by atoms with E-state index in [1.54, 1.807) is 17.9 Å². The Labute approximate surface area is 105 Å². The maximum absolute atomic E-state index is 13.6. The van der Waals surface area contributed by atoms with Gasteiger partial charge in [-0.1, -0.05) is 6.08 Å². The van der Waals surface area contributed by atoms with Gasteiger partial charge in [0.15, 0.2) is 0 Å². The van der Waals surface area contributed by atoms with E-state index in [2.05, 4.69) is 16.5 Å². The molecular weight excluding hydrogens is 238 g/mol. The molecule has 0 radical (unpaired) electrons. The summed E-state index contributed by atoms with van der Waals surface area (Å²) in [5.74, 6) is -2.82. The Hall–Kier alpha value is -1.72. The summed E-state index contributed by atoms with van der Waals surface area (Å²) in [6.07, 6.45) is 1.08. The smallest absolute Gasteiger partial charge is 0.257 e. The first-order chi connectivity index (χ1) is 8.42. The summed E-state index contributed by atoms with van der Waals surface area (Å²) in [5, 5.41) is 0. The topological polar surface area (TPSA) is 55.0 Å². The van der Waals surface area contributed by atoms with Crippen LogP contribution in [-0.2, 0) is 0 Å². The molecule has 0 spiro atoms. The number of aryl methyl sites for hydroxylation is 1.